The number of halogens is 1. The van der Waals surface area contributed by atoms with E-state index in [0.29, 0.717) is 23.2 Å². The van der Waals surface area contributed by atoms with Crippen molar-refractivity contribution in [1.82, 2.24) is 4.90 Å². The summed E-state index contributed by atoms with van der Waals surface area (Å²) in [6, 6.07) is 5.28. The van der Waals surface area contributed by atoms with Crippen molar-refractivity contribution in [3.8, 4) is 0 Å². The van der Waals surface area contributed by atoms with Crippen LogP contribution in [-0.2, 0) is 4.74 Å². The number of ether oxygens (including phenoxy) is 1. The molecule has 1 fully saturated rings. The van der Waals surface area contributed by atoms with Crippen LogP contribution < -0.4 is 5.32 Å². The van der Waals surface area contributed by atoms with Crippen LogP contribution in [0, 0.1) is 0 Å². The van der Waals surface area contributed by atoms with Crippen LogP contribution in [0.25, 0.3) is 0 Å². The molecular formula is C15H21ClN2O2. The summed E-state index contributed by atoms with van der Waals surface area (Å²) in [5, 5.41) is 3.90. The van der Waals surface area contributed by atoms with E-state index in [4.69, 9.17) is 16.3 Å². The lowest BCUT2D eigenvalue weighted by atomic mass is 10.1. The quantitative estimate of drug-likeness (QED) is 0.928. The Bertz CT molecular complexity index is 491. The summed E-state index contributed by atoms with van der Waals surface area (Å²) >= 11 is 6.17. The van der Waals surface area contributed by atoms with Crippen LogP contribution >= 0.6 is 11.6 Å². The zero-order chi connectivity index (χ0) is 14.7. The van der Waals surface area contributed by atoms with E-state index in [2.05, 4.69) is 12.2 Å². The predicted molar refractivity (Wildman–Crippen MR) is 81.5 cm³/mol. The van der Waals surface area contributed by atoms with E-state index in [1.165, 1.54) is 0 Å². The van der Waals surface area contributed by atoms with Gasteiger partial charge in [0.2, 0.25) is 0 Å². The summed E-state index contributed by atoms with van der Waals surface area (Å²) in [5.41, 5.74) is 1.41. The van der Waals surface area contributed by atoms with Gasteiger partial charge in [-0.15, -0.1) is 0 Å². The van der Waals surface area contributed by atoms with E-state index in [0.717, 1.165) is 18.5 Å². The Morgan fingerprint density at radius 1 is 1.45 bits per heavy atom. The molecule has 0 bridgehead atoms. The minimum atomic E-state index is -0.0320. The fraction of sp³-hybridized carbons (Fsp3) is 0.533. The van der Waals surface area contributed by atoms with Gasteiger partial charge in [0, 0.05) is 26.2 Å². The van der Waals surface area contributed by atoms with Crippen molar-refractivity contribution in [2.75, 3.05) is 26.0 Å². The third kappa shape index (κ3) is 3.64. The second-order valence-electron chi connectivity index (χ2n) is 5.42. The van der Waals surface area contributed by atoms with Crippen LogP contribution in [0.2, 0.25) is 5.02 Å². The number of anilines is 1. The van der Waals surface area contributed by atoms with E-state index in [9.17, 15) is 4.79 Å². The van der Waals surface area contributed by atoms with Crippen LogP contribution in [-0.4, -0.2) is 43.7 Å². The standard InChI is InChI=1S/C15H21ClN2O2/c1-10-4-6-12(20-10)9-17-14-8-11(5-7-13(14)16)15(19)18(2)3/h5,7-8,10,12,17H,4,6,9H2,1-3H3. The topological polar surface area (TPSA) is 41.6 Å². The molecule has 1 aliphatic rings. The van der Waals surface area contributed by atoms with E-state index in [1.54, 1.807) is 37.2 Å². The molecule has 1 aromatic rings. The van der Waals surface area contributed by atoms with Crippen LogP contribution in [0.1, 0.15) is 30.1 Å². The average molecular weight is 297 g/mol. The maximum absolute atomic E-state index is 11.9. The van der Waals surface area contributed by atoms with Gasteiger partial charge in [0.15, 0.2) is 0 Å². The van der Waals surface area contributed by atoms with Crippen molar-refractivity contribution < 1.29 is 9.53 Å². The maximum Gasteiger partial charge on any atom is 0.253 e. The Kier molecular flexibility index (Phi) is 4.89. The van der Waals surface area contributed by atoms with E-state index < -0.39 is 0 Å². The van der Waals surface area contributed by atoms with Crippen molar-refractivity contribution in [2.45, 2.75) is 32.0 Å². The Labute approximate surface area is 125 Å². The third-order valence-electron chi connectivity index (χ3n) is 3.46. The Balaban J connectivity index is 2.03. The monoisotopic (exact) mass is 296 g/mol. The molecule has 0 spiro atoms. The molecule has 1 aromatic carbocycles. The van der Waals surface area contributed by atoms with E-state index >= 15 is 0 Å². The number of nitrogens with one attached hydrogen (secondary N) is 1. The van der Waals surface area contributed by atoms with Crippen molar-refractivity contribution in [2.24, 2.45) is 0 Å². The number of amides is 1. The molecular weight excluding hydrogens is 276 g/mol. The zero-order valence-electron chi connectivity index (χ0n) is 12.1. The number of rotatable bonds is 4. The summed E-state index contributed by atoms with van der Waals surface area (Å²) in [4.78, 5) is 13.5. The van der Waals surface area contributed by atoms with E-state index in [-0.39, 0.29) is 12.0 Å². The minimum absolute atomic E-state index is 0.0320. The van der Waals surface area contributed by atoms with Gasteiger partial charge in [0.1, 0.15) is 0 Å². The number of hydrogen-bond donors (Lipinski definition) is 1. The first-order chi connectivity index (χ1) is 9.47. The van der Waals surface area contributed by atoms with Crippen LogP contribution in [0.4, 0.5) is 5.69 Å². The highest BCUT2D eigenvalue weighted by Crippen LogP contribution is 2.25. The largest absolute Gasteiger partial charge is 0.381 e. The fourth-order valence-corrected chi connectivity index (χ4v) is 2.50. The van der Waals surface area contributed by atoms with Gasteiger partial charge in [-0.05, 0) is 38.0 Å². The molecule has 2 atom stereocenters. The first-order valence-electron chi connectivity index (χ1n) is 6.88. The molecule has 5 heteroatoms. The molecule has 1 amide bonds. The summed E-state index contributed by atoms with van der Waals surface area (Å²) in [6.07, 6.45) is 2.70. The smallest absolute Gasteiger partial charge is 0.253 e. The molecule has 1 N–H and O–H groups in total. The van der Waals surface area contributed by atoms with Crippen LogP contribution in [0.15, 0.2) is 18.2 Å². The zero-order valence-corrected chi connectivity index (χ0v) is 12.9. The van der Waals surface area contributed by atoms with Crippen molar-refractivity contribution in [3.63, 3.8) is 0 Å². The molecule has 4 nitrogen and oxygen atoms in total. The van der Waals surface area contributed by atoms with Gasteiger partial charge < -0.3 is 15.0 Å². The molecule has 1 saturated heterocycles. The maximum atomic E-state index is 11.9. The van der Waals surface area contributed by atoms with Gasteiger partial charge in [0.05, 0.1) is 22.9 Å². The molecule has 2 unspecified atom stereocenters. The first-order valence-corrected chi connectivity index (χ1v) is 7.25. The average Bonchev–Trinajstić information content (AvgIpc) is 2.82. The SMILES string of the molecule is CC1CCC(CNc2cc(C(=O)N(C)C)ccc2Cl)O1. The van der Waals surface area contributed by atoms with Gasteiger partial charge in [0.25, 0.3) is 5.91 Å². The lowest BCUT2D eigenvalue weighted by molar-refractivity contribution is 0.0637. The summed E-state index contributed by atoms with van der Waals surface area (Å²) in [7, 11) is 3.47. The Hall–Kier alpha value is -1.26. The molecule has 1 aliphatic heterocycles. The predicted octanol–water partition coefficient (Wildman–Crippen LogP) is 3.02. The van der Waals surface area contributed by atoms with Crippen molar-refractivity contribution in [1.29, 1.82) is 0 Å². The van der Waals surface area contributed by atoms with Crippen LogP contribution in [0.5, 0.6) is 0 Å². The van der Waals surface area contributed by atoms with Crippen molar-refractivity contribution in [3.05, 3.63) is 28.8 Å². The van der Waals surface area contributed by atoms with Gasteiger partial charge in [-0.2, -0.15) is 0 Å². The summed E-state index contributed by atoms with van der Waals surface area (Å²) in [5.74, 6) is -0.0320. The fourth-order valence-electron chi connectivity index (χ4n) is 2.31. The van der Waals surface area contributed by atoms with Crippen molar-refractivity contribution >= 4 is 23.2 Å². The molecule has 1 heterocycles. The van der Waals surface area contributed by atoms with Gasteiger partial charge in [-0.1, -0.05) is 11.6 Å². The number of carbonyl (C=O) groups excluding carboxylic acids is 1. The molecule has 0 radical (unpaired) electrons. The number of nitrogens with zero attached hydrogens (tertiary/aromatic N) is 1. The number of carbonyl (C=O) groups is 1. The van der Waals surface area contributed by atoms with Crippen LogP contribution in [0.3, 0.4) is 0 Å². The second-order valence-corrected chi connectivity index (χ2v) is 5.83. The molecule has 0 aromatic heterocycles. The Morgan fingerprint density at radius 2 is 2.20 bits per heavy atom. The summed E-state index contributed by atoms with van der Waals surface area (Å²) < 4.78 is 5.76. The second kappa shape index (κ2) is 6.46. The van der Waals surface area contributed by atoms with Gasteiger partial charge in [-0.25, -0.2) is 0 Å². The molecule has 0 aliphatic carbocycles. The lowest BCUT2D eigenvalue weighted by Crippen LogP contribution is -2.22. The minimum Gasteiger partial charge on any atom is -0.381 e. The summed E-state index contributed by atoms with van der Waals surface area (Å²) in [6.45, 7) is 2.80. The first kappa shape index (κ1) is 15.1. The lowest BCUT2D eigenvalue weighted by Gasteiger charge is -2.16. The molecule has 20 heavy (non-hydrogen) atoms. The number of benzene rings is 1. The Morgan fingerprint density at radius 3 is 2.80 bits per heavy atom. The highest BCUT2D eigenvalue weighted by molar-refractivity contribution is 6.33. The normalized spacial score (nSPS) is 21.8. The third-order valence-corrected chi connectivity index (χ3v) is 3.79. The van der Waals surface area contributed by atoms with E-state index in [1.807, 2.05) is 0 Å². The molecule has 0 saturated carbocycles. The van der Waals surface area contributed by atoms with Gasteiger partial charge >= 0.3 is 0 Å². The molecule has 2 rings (SSSR count). The number of hydrogen-bond acceptors (Lipinski definition) is 3. The highest BCUT2D eigenvalue weighted by atomic mass is 35.5. The molecule has 110 valence electrons. The van der Waals surface area contributed by atoms with Gasteiger partial charge in [-0.3, -0.25) is 4.79 Å². The highest BCUT2D eigenvalue weighted by Gasteiger charge is 2.21.